The maximum absolute atomic E-state index is 13.2. The van der Waals surface area contributed by atoms with Gasteiger partial charge in [0.2, 0.25) is 5.91 Å². The Kier molecular flexibility index (Phi) is 4.82. The summed E-state index contributed by atoms with van der Waals surface area (Å²) in [6, 6.07) is 17.9. The van der Waals surface area contributed by atoms with Crippen molar-refractivity contribution < 1.29 is 9.53 Å². The Labute approximate surface area is 149 Å². The van der Waals surface area contributed by atoms with Gasteiger partial charge in [-0.15, -0.1) is 0 Å². The lowest BCUT2D eigenvalue weighted by Gasteiger charge is -2.39. The van der Waals surface area contributed by atoms with E-state index in [1.165, 1.54) is 5.56 Å². The summed E-state index contributed by atoms with van der Waals surface area (Å²) in [6.07, 6.45) is 0.369. The molecule has 0 radical (unpaired) electrons. The number of amides is 1. The summed E-state index contributed by atoms with van der Waals surface area (Å²) in [5, 5.41) is 3.07. The second kappa shape index (κ2) is 6.89. The fourth-order valence-electron chi connectivity index (χ4n) is 4.04. The van der Waals surface area contributed by atoms with Crippen LogP contribution in [0.15, 0.2) is 54.6 Å². The van der Waals surface area contributed by atoms with E-state index < -0.39 is 5.41 Å². The van der Waals surface area contributed by atoms with E-state index in [-0.39, 0.29) is 18.1 Å². The summed E-state index contributed by atoms with van der Waals surface area (Å²) < 4.78 is 5.83. The van der Waals surface area contributed by atoms with Crippen molar-refractivity contribution in [3.63, 3.8) is 0 Å². The van der Waals surface area contributed by atoms with Crippen molar-refractivity contribution in [2.45, 2.75) is 32.4 Å². The molecule has 25 heavy (non-hydrogen) atoms. The molecule has 132 valence electrons. The Morgan fingerprint density at radius 3 is 2.48 bits per heavy atom. The molecule has 0 bridgehead atoms. The molecule has 3 rings (SSSR count). The molecular formula is C21H26N2O2. The van der Waals surface area contributed by atoms with Crippen LogP contribution in [0.3, 0.4) is 0 Å². The zero-order valence-corrected chi connectivity index (χ0v) is 15.3. The number of carbonyl (C=O) groups excluding carboxylic acids is 1. The van der Waals surface area contributed by atoms with Gasteiger partial charge in [-0.3, -0.25) is 4.79 Å². The lowest BCUT2D eigenvalue weighted by molar-refractivity contribution is -0.133. The van der Waals surface area contributed by atoms with Gasteiger partial charge in [0.15, 0.2) is 0 Å². The van der Waals surface area contributed by atoms with Crippen molar-refractivity contribution in [1.29, 1.82) is 0 Å². The van der Waals surface area contributed by atoms with E-state index in [0.717, 1.165) is 11.4 Å². The summed E-state index contributed by atoms with van der Waals surface area (Å²) >= 11 is 0. The molecule has 1 aliphatic rings. The molecule has 2 aromatic carbocycles. The number of hydrogen-bond donors (Lipinski definition) is 1. The number of ether oxygens (including phenoxy) is 1. The SMILES string of the molecule is CO[C@@H]1N(C)c2ccccc2[C@@H](C)C[C@]1(C)C(=O)Nc1ccccc1. The third kappa shape index (κ3) is 3.14. The number of benzene rings is 2. The topological polar surface area (TPSA) is 41.6 Å². The largest absolute Gasteiger partial charge is 0.360 e. The number of para-hydroxylation sites is 2. The molecule has 1 amide bonds. The van der Waals surface area contributed by atoms with Crippen LogP contribution in [0.2, 0.25) is 0 Å². The van der Waals surface area contributed by atoms with Gasteiger partial charge in [0.05, 0.1) is 5.41 Å². The minimum absolute atomic E-state index is 0.0166. The van der Waals surface area contributed by atoms with Crippen molar-refractivity contribution in [3.05, 3.63) is 60.2 Å². The smallest absolute Gasteiger partial charge is 0.234 e. The lowest BCUT2D eigenvalue weighted by Crippen LogP contribution is -2.52. The fraction of sp³-hybridized carbons (Fsp3) is 0.381. The van der Waals surface area contributed by atoms with E-state index in [4.69, 9.17) is 4.74 Å². The molecule has 0 spiro atoms. The standard InChI is InChI=1S/C21H26N2O2/c1-15-14-21(2,19(24)22-16-10-6-5-7-11-16)20(25-4)23(3)18-13-9-8-12-17(15)18/h5-13,15,20H,14H2,1-4H3,(H,22,24)/t15-,20-,21+/m0/s1. The van der Waals surface area contributed by atoms with Gasteiger partial charge in [0.1, 0.15) is 6.23 Å². The van der Waals surface area contributed by atoms with Gasteiger partial charge < -0.3 is 15.0 Å². The minimum atomic E-state index is -0.683. The van der Waals surface area contributed by atoms with Crippen LogP contribution >= 0.6 is 0 Å². The Bertz CT molecular complexity index is 747. The molecule has 1 N–H and O–H groups in total. The first-order valence-corrected chi connectivity index (χ1v) is 8.68. The molecule has 4 heteroatoms. The van der Waals surface area contributed by atoms with Gasteiger partial charge >= 0.3 is 0 Å². The van der Waals surface area contributed by atoms with E-state index in [1.807, 2.05) is 50.4 Å². The number of nitrogens with zero attached hydrogens (tertiary/aromatic N) is 1. The summed E-state index contributed by atoms with van der Waals surface area (Å²) in [6.45, 7) is 4.18. The minimum Gasteiger partial charge on any atom is -0.360 e. The Morgan fingerprint density at radius 1 is 1.16 bits per heavy atom. The molecule has 3 atom stereocenters. The first kappa shape index (κ1) is 17.5. The Balaban J connectivity index is 1.98. The number of anilines is 2. The summed E-state index contributed by atoms with van der Waals surface area (Å²) in [7, 11) is 3.67. The zero-order valence-electron chi connectivity index (χ0n) is 15.3. The van der Waals surface area contributed by atoms with Crippen molar-refractivity contribution in [1.82, 2.24) is 0 Å². The molecule has 0 saturated carbocycles. The van der Waals surface area contributed by atoms with Crippen LogP contribution in [0, 0.1) is 5.41 Å². The fourth-order valence-corrected chi connectivity index (χ4v) is 4.04. The Hall–Kier alpha value is -2.33. The third-order valence-corrected chi connectivity index (χ3v) is 5.25. The lowest BCUT2D eigenvalue weighted by atomic mass is 9.77. The van der Waals surface area contributed by atoms with Crippen molar-refractivity contribution >= 4 is 17.3 Å². The molecule has 4 nitrogen and oxygen atoms in total. The van der Waals surface area contributed by atoms with Gasteiger partial charge in [-0.25, -0.2) is 0 Å². The predicted octanol–water partition coefficient (Wildman–Crippen LogP) is 4.25. The number of rotatable bonds is 3. The number of fused-ring (bicyclic) bond motifs is 1. The normalized spacial score (nSPS) is 25.8. The molecule has 1 aliphatic heterocycles. The van der Waals surface area contributed by atoms with Gasteiger partial charge in [-0.2, -0.15) is 0 Å². The van der Waals surface area contributed by atoms with Crippen molar-refractivity contribution in [2.75, 3.05) is 24.4 Å². The summed E-state index contributed by atoms with van der Waals surface area (Å²) in [5.74, 6) is 0.238. The van der Waals surface area contributed by atoms with E-state index in [0.29, 0.717) is 6.42 Å². The number of methoxy groups -OCH3 is 1. The number of nitrogens with one attached hydrogen (secondary N) is 1. The highest BCUT2D eigenvalue weighted by Gasteiger charge is 2.47. The van der Waals surface area contributed by atoms with Gasteiger partial charge in [-0.1, -0.05) is 43.3 Å². The third-order valence-electron chi connectivity index (χ3n) is 5.25. The summed E-state index contributed by atoms with van der Waals surface area (Å²) in [5.41, 5.74) is 2.50. The van der Waals surface area contributed by atoms with E-state index in [9.17, 15) is 4.79 Å². The van der Waals surface area contributed by atoms with Gasteiger partial charge in [0.25, 0.3) is 0 Å². The van der Waals surface area contributed by atoms with Gasteiger partial charge in [-0.05, 0) is 43.0 Å². The van der Waals surface area contributed by atoms with Crippen molar-refractivity contribution in [3.8, 4) is 0 Å². The second-order valence-electron chi connectivity index (χ2n) is 7.10. The van der Waals surface area contributed by atoms with E-state index in [2.05, 4.69) is 35.3 Å². The molecule has 0 aliphatic carbocycles. The summed E-state index contributed by atoms with van der Waals surface area (Å²) in [4.78, 5) is 15.3. The highest BCUT2D eigenvalue weighted by Crippen LogP contribution is 2.45. The predicted molar refractivity (Wildman–Crippen MR) is 102 cm³/mol. The monoisotopic (exact) mass is 338 g/mol. The van der Waals surface area contributed by atoms with Crippen LogP contribution in [0.25, 0.3) is 0 Å². The van der Waals surface area contributed by atoms with Gasteiger partial charge in [0, 0.05) is 25.5 Å². The highest BCUT2D eigenvalue weighted by molar-refractivity contribution is 5.96. The average Bonchev–Trinajstić information content (AvgIpc) is 2.70. The van der Waals surface area contributed by atoms with Crippen LogP contribution in [-0.2, 0) is 9.53 Å². The molecule has 0 fully saturated rings. The van der Waals surface area contributed by atoms with Crippen LogP contribution < -0.4 is 10.2 Å². The quantitative estimate of drug-likeness (QED) is 0.910. The first-order valence-electron chi connectivity index (χ1n) is 8.68. The molecule has 2 aromatic rings. The van der Waals surface area contributed by atoms with Crippen LogP contribution in [0.5, 0.6) is 0 Å². The zero-order chi connectivity index (χ0) is 18.0. The van der Waals surface area contributed by atoms with Crippen molar-refractivity contribution in [2.24, 2.45) is 5.41 Å². The molecular weight excluding hydrogens is 312 g/mol. The first-order chi connectivity index (χ1) is 12.0. The van der Waals surface area contributed by atoms with E-state index >= 15 is 0 Å². The Morgan fingerprint density at radius 2 is 1.80 bits per heavy atom. The molecule has 1 heterocycles. The average molecular weight is 338 g/mol. The molecule has 0 saturated heterocycles. The van der Waals surface area contributed by atoms with Crippen LogP contribution in [0.1, 0.15) is 31.7 Å². The van der Waals surface area contributed by atoms with Crippen LogP contribution in [0.4, 0.5) is 11.4 Å². The van der Waals surface area contributed by atoms with Crippen LogP contribution in [-0.4, -0.2) is 26.3 Å². The number of carbonyl (C=O) groups is 1. The second-order valence-corrected chi connectivity index (χ2v) is 7.10. The molecule has 0 aromatic heterocycles. The maximum atomic E-state index is 13.2. The van der Waals surface area contributed by atoms with E-state index in [1.54, 1.807) is 7.11 Å². The number of hydrogen-bond acceptors (Lipinski definition) is 3. The maximum Gasteiger partial charge on any atom is 0.234 e. The molecule has 0 unspecified atom stereocenters. The highest BCUT2D eigenvalue weighted by atomic mass is 16.5.